The molecule has 9 heteroatoms. The molecule has 1 aliphatic rings. The van der Waals surface area contributed by atoms with E-state index in [1.807, 2.05) is 36.9 Å². The van der Waals surface area contributed by atoms with Gasteiger partial charge in [-0.05, 0) is 55.3 Å². The summed E-state index contributed by atoms with van der Waals surface area (Å²) in [7, 11) is 0. The van der Waals surface area contributed by atoms with Gasteiger partial charge in [0.25, 0.3) is 0 Å². The summed E-state index contributed by atoms with van der Waals surface area (Å²) in [5.74, 6) is 0.523. The fourth-order valence-corrected chi connectivity index (χ4v) is 4.61. The zero-order valence-corrected chi connectivity index (χ0v) is 20.1. The molecule has 182 valence electrons. The van der Waals surface area contributed by atoms with E-state index in [0.29, 0.717) is 25.2 Å². The van der Waals surface area contributed by atoms with E-state index in [1.54, 1.807) is 30.6 Å². The average molecular weight is 484 g/mol. The summed E-state index contributed by atoms with van der Waals surface area (Å²) in [6.07, 6.45) is 1.55. The maximum absolute atomic E-state index is 13.2. The Kier molecular flexibility index (Phi) is 6.25. The predicted molar refractivity (Wildman–Crippen MR) is 136 cm³/mol. The molecule has 1 saturated heterocycles. The summed E-state index contributed by atoms with van der Waals surface area (Å²) in [4.78, 5) is 29.3. The Bertz CT molecular complexity index is 1430. The molecule has 2 aromatic carbocycles. The molecule has 2 atom stereocenters. The first kappa shape index (κ1) is 23.3. The normalized spacial score (nSPS) is 16.6. The highest BCUT2D eigenvalue weighted by atomic mass is 19.1. The summed E-state index contributed by atoms with van der Waals surface area (Å²) < 4.78 is 13.2. The minimum atomic E-state index is -0.299. The van der Waals surface area contributed by atoms with Gasteiger partial charge in [-0.2, -0.15) is 5.26 Å². The second kappa shape index (κ2) is 9.66. The molecule has 1 aliphatic heterocycles. The largest absolute Gasteiger partial charge is 0.352 e. The van der Waals surface area contributed by atoms with Gasteiger partial charge in [-0.15, -0.1) is 0 Å². The fourth-order valence-electron chi connectivity index (χ4n) is 4.61. The number of fused-ring (bicyclic) bond motifs is 1. The first-order valence-corrected chi connectivity index (χ1v) is 11.8. The van der Waals surface area contributed by atoms with Crippen LogP contribution in [-0.4, -0.2) is 51.6 Å². The van der Waals surface area contributed by atoms with Crippen molar-refractivity contribution in [1.29, 1.82) is 5.26 Å². The van der Waals surface area contributed by atoms with Crippen LogP contribution in [0.4, 0.5) is 15.0 Å². The Hall–Kier alpha value is -4.45. The number of H-pyrrole nitrogens is 1. The minimum Gasteiger partial charge on any atom is -0.352 e. The third-order valence-corrected chi connectivity index (χ3v) is 6.63. The molecule has 36 heavy (non-hydrogen) atoms. The van der Waals surface area contributed by atoms with Crippen molar-refractivity contribution in [2.45, 2.75) is 25.9 Å². The molecule has 2 amide bonds. The number of hydrogen-bond acceptors (Lipinski definition) is 5. The number of hydrogen-bond donors (Lipinski definition) is 2. The molecule has 2 aromatic heterocycles. The van der Waals surface area contributed by atoms with Crippen LogP contribution < -0.4 is 10.2 Å². The highest BCUT2D eigenvalue weighted by Gasteiger charge is 2.30. The number of urea groups is 1. The second-order valence-electron chi connectivity index (χ2n) is 9.04. The van der Waals surface area contributed by atoms with Gasteiger partial charge in [-0.3, -0.25) is 0 Å². The van der Waals surface area contributed by atoms with E-state index in [0.717, 1.165) is 33.7 Å². The number of aromatic amines is 1. The average Bonchev–Trinajstić information content (AvgIpc) is 3.33. The number of nitrogens with zero attached hydrogens (tertiary/aromatic N) is 5. The zero-order valence-electron chi connectivity index (χ0n) is 20.1. The summed E-state index contributed by atoms with van der Waals surface area (Å²) >= 11 is 0. The van der Waals surface area contributed by atoms with Crippen molar-refractivity contribution in [2.75, 3.05) is 24.5 Å². The summed E-state index contributed by atoms with van der Waals surface area (Å²) in [5.41, 5.74) is 4.06. The van der Waals surface area contributed by atoms with Gasteiger partial charge in [0.05, 0.1) is 23.1 Å². The van der Waals surface area contributed by atoms with Crippen LogP contribution in [0.5, 0.6) is 0 Å². The summed E-state index contributed by atoms with van der Waals surface area (Å²) in [6, 6.07) is 17.3. The zero-order chi connectivity index (χ0) is 25.2. The van der Waals surface area contributed by atoms with E-state index in [1.165, 1.54) is 12.1 Å². The van der Waals surface area contributed by atoms with E-state index in [2.05, 4.69) is 31.2 Å². The lowest BCUT2D eigenvalue weighted by molar-refractivity contribution is 0.168. The number of anilines is 1. The van der Waals surface area contributed by atoms with Crippen LogP contribution in [0.3, 0.4) is 0 Å². The van der Waals surface area contributed by atoms with Gasteiger partial charge >= 0.3 is 6.03 Å². The van der Waals surface area contributed by atoms with Crippen LogP contribution in [0.25, 0.3) is 22.3 Å². The lowest BCUT2D eigenvalue weighted by Gasteiger charge is -2.40. The molecule has 0 saturated carbocycles. The van der Waals surface area contributed by atoms with Crippen molar-refractivity contribution in [3.8, 4) is 17.3 Å². The highest BCUT2D eigenvalue weighted by molar-refractivity contribution is 5.92. The molecule has 0 bridgehead atoms. The van der Waals surface area contributed by atoms with E-state index < -0.39 is 0 Å². The van der Waals surface area contributed by atoms with Gasteiger partial charge in [0, 0.05) is 31.4 Å². The topological polar surface area (TPSA) is 101 Å². The Morgan fingerprint density at radius 3 is 2.61 bits per heavy atom. The number of amides is 2. The first-order chi connectivity index (χ1) is 17.4. The quantitative estimate of drug-likeness (QED) is 0.441. The van der Waals surface area contributed by atoms with Crippen molar-refractivity contribution in [1.82, 2.24) is 25.2 Å². The molecule has 4 aromatic rings. The SMILES string of the molecule is C[C@H](NC(=O)N1CCN(c2ncnc3[nH]c(-c4ccc(C#N)cc4)cc23)C[C@H]1C)c1ccc(F)cc1. The smallest absolute Gasteiger partial charge is 0.318 e. The van der Waals surface area contributed by atoms with Crippen LogP contribution in [0.15, 0.2) is 60.9 Å². The predicted octanol–water partition coefficient (Wildman–Crippen LogP) is 4.62. The Labute approximate surface area is 208 Å². The first-order valence-electron chi connectivity index (χ1n) is 11.8. The molecule has 0 spiro atoms. The standard InChI is InChI=1S/C27H26FN7O/c1-17-15-34(11-12-35(17)27(36)32-18(2)20-7-9-22(28)10-8-20)26-23-13-24(33-25(23)30-16-31-26)21-5-3-19(14-29)4-6-21/h3-10,13,16-18H,11-12,15H2,1-2H3,(H,32,36)(H,30,31,33)/t17-,18+/m1/s1. The third-order valence-electron chi connectivity index (χ3n) is 6.63. The molecule has 2 N–H and O–H groups in total. The van der Waals surface area contributed by atoms with E-state index in [-0.39, 0.29) is 23.9 Å². The molecule has 0 unspecified atom stereocenters. The van der Waals surface area contributed by atoms with E-state index >= 15 is 0 Å². The number of carbonyl (C=O) groups is 1. The molecule has 5 rings (SSSR count). The molecular formula is C27H26FN7O. The van der Waals surface area contributed by atoms with Crippen molar-refractivity contribution in [3.05, 3.63) is 77.9 Å². The van der Waals surface area contributed by atoms with Crippen molar-refractivity contribution < 1.29 is 9.18 Å². The third kappa shape index (κ3) is 4.58. The van der Waals surface area contributed by atoms with E-state index in [4.69, 9.17) is 5.26 Å². The van der Waals surface area contributed by atoms with Gasteiger partial charge in [-0.25, -0.2) is 19.2 Å². The lowest BCUT2D eigenvalue weighted by atomic mass is 10.1. The number of piperazine rings is 1. The summed E-state index contributed by atoms with van der Waals surface area (Å²) in [6.45, 7) is 5.71. The molecular weight excluding hydrogens is 457 g/mol. The summed E-state index contributed by atoms with van der Waals surface area (Å²) in [5, 5.41) is 13.0. The number of benzene rings is 2. The van der Waals surface area contributed by atoms with Gasteiger partial charge in [0.1, 0.15) is 23.6 Å². The van der Waals surface area contributed by atoms with Gasteiger partial charge in [0.2, 0.25) is 0 Å². The number of nitrogens with one attached hydrogen (secondary N) is 2. The van der Waals surface area contributed by atoms with Gasteiger partial charge < -0.3 is 20.1 Å². The van der Waals surface area contributed by atoms with Crippen molar-refractivity contribution in [3.63, 3.8) is 0 Å². The van der Waals surface area contributed by atoms with E-state index in [9.17, 15) is 9.18 Å². The van der Waals surface area contributed by atoms with Gasteiger partial charge in [-0.1, -0.05) is 24.3 Å². The fraction of sp³-hybridized carbons (Fsp3) is 0.259. The highest BCUT2D eigenvalue weighted by Crippen LogP contribution is 2.30. The Morgan fingerprint density at radius 2 is 1.92 bits per heavy atom. The van der Waals surface area contributed by atoms with Crippen molar-refractivity contribution in [2.24, 2.45) is 0 Å². The number of carbonyl (C=O) groups excluding carboxylic acids is 1. The molecule has 0 radical (unpaired) electrons. The Morgan fingerprint density at radius 1 is 1.17 bits per heavy atom. The van der Waals surface area contributed by atoms with Crippen LogP contribution in [0.1, 0.15) is 31.0 Å². The molecule has 0 aliphatic carbocycles. The monoisotopic (exact) mass is 483 g/mol. The van der Waals surface area contributed by atoms with Gasteiger partial charge in [0.15, 0.2) is 0 Å². The Balaban J connectivity index is 1.30. The maximum atomic E-state index is 13.2. The van der Waals surface area contributed by atoms with Crippen LogP contribution >= 0.6 is 0 Å². The second-order valence-corrected chi connectivity index (χ2v) is 9.04. The van der Waals surface area contributed by atoms with Crippen LogP contribution in [0.2, 0.25) is 0 Å². The number of nitriles is 1. The van der Waals surface area contributed by atoms with Crippen molar-refractivity contribution >= 4 is 22.9 Å². The number of halogens is 1. The molecule has 1 fully saturated rings. The number of aromatic nitrogens is 3. The van der Waals surface area contributed by atoms with Crippen LogP contribution in [0, 0.1) is 17.1 Å². The minimum absolute atomic E-state index is 0.0406. The maximum Gasteiger partial charge on any atom is 0.318 e. The lowest BCUT2D eigenvalue weighted by Crippen LogP contribution is -2.57. The van der Waals surface area contributed by atoms with Crippen LogP contribution in [-0.2, 0) is 0 Å². The number of rotatable bonds is 4. The molecule has 3 heterocycles. The molecule has 8 nitrogen and oxygen atoms in total.